The molecule has 0 radical (unpaired) electrons. The van der Waals surface area contributed by atoms with E-state index in [4.69, 9.17) is 21.1 Å². The maximum Gasteiger partial charge on any atom is 0.361 e. The molecular weight excluding hydrogens is 230 g/mol. The molecule has 0 aliphatic rings. The predicted molar refractivity (Wildman–Crippen MR) is 61.0 cm³/mol. The molecule has 0 fully saturated rings. The van der Waals surface area contributed by atoms with Crippen molar-refractivity contribution < 1.29 is 14.3 Å². The van der Waals surface area contributed by atoms with Gasteiger partial charge in [-0.1, -0.05) is 11.6 Å². The molecular formula is C11H14ClNO3. The highest BCUT2D eigenvalue weighted by Gasteiger charge is 2.23. The number of rotatable bonds is 2. The molecule has 1 aromatic heterocycles. The van der Waals surface area contributed by atoms with Gasteiger partial charge in [-0.3, -0.25) is 0 Å². The smallest absolute Gasteiger partial charge is 0.361 e. The van der Waals surface area contributed by atoms with E-state index < -0.39 is 11.6 Å². The summed E-state index contributed by atoms with van der Waals surface area (Å²) in [5.41, 5.74) is -0.489. The number of methoxy groups -OCH3 is 1. The fourth-order valence-corrected chi connectivity index (χ4v) is 1.31. The van der Waals surface area contributed by atoms with Crippen LogP contribution in [-0.2, 0) is 4.74 Å². The number of halogens is 1. The van der Waals surface area contributed by atoms with Crippen molar-refractivity contribution in [2.45, 2.75) is 26.4 Å². The highest BCUT2D eigenvalue weighted by molar-refractivity contribution is 6.32. The maximum absolute atomic E-state index is 11.8. The third-order valence-electron chi connectivity index (χ3n) is 1.65. The van der Waals surface area contributed by atoms with Crippen LogP contribution in [-0.4, -0.2) is 23.7 Å². The van der Waals surface area contributed by atoms with Gasteiger partial charge in [-0.05, 0) is 26.8 Å². The van der Waals surface area contributed by atoms with Gasteiger partial charge in [-0.2, -0.15) is 0 Å². The minimum atomic E-state index is -0.577. The molecule has 1 rings (SSSR count). The molecule has 1 heterocycles. The van der Waals surface area contributed by atoms with Gasteiger partial charge in [0.05, 0.1) is 12.1 Å². The average Bonchev–Trinajstić information content (AvgIpc) is 2.14. The summed E-state index contributed by atoms with van der Waals surface area (Å²) in [5.74, 6) is -0.315. The maximum atomic E-state index is 11.8. The van der Waals surface area contributed by atoms with Crippen LogP contribution < -0.4 is 4.74 Å². The minimum absolute atomic E-state index is 0.0879. The first kappa shape index (κ1) is 12.8. The first-order valence-electron chi connectivity index (χ1n) is 4.77. The van der Waals surface area contributed by atoms with Crippen molar-refractivity contribution in [2.75, 3.05) is 7.11 Å². The number of ether oxygens (including phenoxy) is 2. The highest BCUT2D eigenvalue weighted by atomic mass is 35.5. The zero-order chi connectivity index (χ0) is 12.3. The Bertz CT molecular complexity index is 399. The largest absolute Gasteiger partial charge is 0.493 e. The van der Waals surface area contributed by atoms with E-state index in [1.807, 2.05) is 0 Å². The van der Waals surface area contributed by atoms with Gasteiger partial charge in [0.25, 0.3) is 0 Å². The molecule has 4 nitrogen and oxygen atoms in total. The molecule has 1 aromatic rings. The molecule has 5 heteroatoms. The lowest BCUT2D eigenvalue weighted by Gasteiger charge is -2.19. The Hall–Kier alpha value is -1.29. The normalized spacial score (nSPS) is 11.1. The molecule has 0 aliphatic carbocycles. The third-order valence-corrected chi connectivity index (χ3v) is 1.95. The van der Waals surface area contributed by atoms with Crippen molar-refractivity contribution in [1.29, 1.82) is 0 Å². The number of pyridine rings is 1. The SMILES string of the molecule is COc1c(Cl)ccnc1C(=O)OC(C)(C)C. The summed E-state index contributed by atoms with van der Waals surface area (Å²) in [6.45, 7) is 5.34. The monoisotopic (exact) mass is 243 g/mol. The summed E-state index contributed by atoms with van der Waals surface area (Å²) in [5, 5.41) is 0.332. The van der Waals surface area contributed by atoms with E-state index in [-0.39, 0.29) is 11.4 Å². The molecule has 16 heavy (non-hydrogen) atoms. The van der Waals surface area contributed by atoms with Crippen molar-refractivity contribution in [3.05, 3.63) is 23.0 Å². The Morgan fingerprint density at radius 3 is 2.56 bits per heavy atom. The minimum Gasteiger partial charge on any atom is -0.493 e. The number of nitrogens with zero attached hydrogens (tertiary/aromatic N) is 1. The molecule has 88 valence electrons. The van der Waals surface area contributed by atoms with Crippen molar-refractivity contribution in [2.24, 2.45) is 0 Å². The Morgan fingerprint density at radius 2 is 2.06 bits per heavy atom. The van der Waals surface area contributed by atoms with Gasteiger partial charge in [0.1, 0.15) is 5.60 Å². The van der Waals surface area contributed by atoms with Gasteiger partial charge >= 0.3 is 5.97 Å². The van der Waals surface area contributed by atoms with Crippen LogP contribution in [0, 0.1) is 0 Å². The van der Waals surface area contributed by atoms with E-state index in [0.717, 1.165) is 0 Å². The lowest BCUT2D eigenvalue weighted by Crippen LogP contribution is -2.24. The number of hydrogen-bond acceptors (Lipinski definition) is 4. The molecule has 0 amide bonds. The standard InChI is InChI=1S/C11H14ClNO3/c1-11(2,3)16-10(14)8-9(15-4)7(12)5-6-13-8/h5-6H,1-4H3. The first-order chi connectivity index (χ1) is 7.35. The molecule has 0 saturated heterocycles. The lowest BCUT2D eigenvalue weighted by atomic mass is 10.2. The van der Waals surface area contributed by atoms with E-state index in [2.05, 4.69) is 4.98 Å². The number of carbonyl (C=O) groups is 1. The summed E-state index contributed by atoms with van der Waals surface area (Å²) in [6, 6.07) is 1.55. The van der Waals surface area contributed by atoms with Crippen LogP contribution in [0.5, 0.6) is 5.75 Å². The Kier molecular flexibility index (Phi) is 3.75. The van der Waals surface area contributed by atoms with Crippen molar-refractivity contribution in [3.8, 4) is 5.75 Å². The van der Waals surface area contributed by atoms with Gasteiger partial charge < -0.3 is 9.47 Å². The van der Waals surface area contributed by atoms with Crippen LogP contribution in [0.3, 0.4) is 0 Å². The average molecular weight is 244 g/mol. The number of carbonyl (C=O) groups excluding carboxylic acids is 1. The fourth-order valence-electron chi connectivity index (χ4n) is 1.09. The molecule has 0 spiro atoms. The Labute approximate surface area is 99.5 Å². The molecule has 0 N–H and O–H groups in total. The predicted octanol–water partition coefficient (Wildman–Crippen LogP) is 2.70. The van der Waals surface area contributed by atoms with Crippen molar-refractivity contribution in [1.82, 2.24) is 4.98 Å². The van der Waals surface area contributed by atoms with Crippen LogP contribution in [0.25, 0.3) is 0 Å². The fraction of sp³-hybridized carbons (Fsp3) is 0.455. The molecule has 0 unspecified atom stereocenters. The van der Waals surface area contributed by atoms with E-state index >= 15 is 0 Å². The highest BCUT2D eigenvalue weighted by Crippen LogP contribution is 2.27. The first-order valence-corrected chi connectivity index (χ1v) is 5.15. The summed E-state index contributed by atoms with van der Waals surface area (Å²) >= 11 is 5.87. The summed E-state index contributed by atoms with van der Waals surface area (Å²) in [6.07, 6.45) is 1.43. The summed E-state index contributed by atoms with van der Waals surface area (Å²) < 4.78 is 10.2. The van der Waals surface area contributed by atoms with E-state index in [9.17, 15) is 4.79 Å². The molecule has 0 atom stereocenters. The molecule has 0 saturated carbocycles. The van der Waals surface area contributed by atoms with Crippen LogP contribution in [0.1, 0.15) is 31.3 Å². The van der Waals surface area contributed by atoms with Crippen molar-refractivity contribution in [3.63, 3.8) is 0 Å². The second-order valence-corrected chi connectivity index (χ2v) is 4.58. The summed E-state index contributed by atoms with van der Waals surface area (Å²) in [7, 11) is 1.43. The molecule has 0 bridgehead atoms. The van der Waals surface area contributed by atoms with Gasteiger partial charge in [0.2, 0.25) is 0 Å². The second-order valence-electron chi connectivity index (χ2n) is 4.18. The van der Waals surface area contributed by atoms with E-state index in [1.165, 1.54) is 13.3 Å². The third kappa shape index (κ3) is 3.10. The van der Waals surface area contributed by atoms with E-state index in [1.54, 1.807) is 26.8 Å². The van der Waals surface area contributed by atoms with E-state index in [0.29, 0.717) is 5.02 Å². The van der Waals surface area contributed by atoms with Crippen LogP contribution in [0.15, 0.2) is 12.3 Å². The van der Waals surface area contributed by atoms with Gasteiger partial charge in [-0.15, -0.1) is 0 Å². The quantitative estimate of drug-likeness (QED) is 0.750. The van der Waals surface area contributed by atoms with Gasteiger partial charge in [0, 0.05) is 6.20 Å². The number of aromatic nitrogens is 1. The van der Waals surface area contributed by atoms with Crippen molar-refractivity contribution >= 4 is 17.6 Å². The van der Waals surface area contributed by atoms with Gasteiger partial charge in [-0.25, -0.2) is 9.78 Å². The van der Waals surface area contributed by atoms with Crippen LogP contribution >= 0.6 is 11.6 Å². The zero-order valence-electron chi connectivity index (χ0n) is 9.70. The Balaban J connectivity index is 3.04. The number of hydrogen-bond donors (Lipinski definition) is 0. The summed E-state index contributed by atoms with van der Waals surface area (Å²) in [4.78, 5) is 15.7. The van der Waals surface area contributed by atoms with Gasteiger partial charge in [0.15, 0.2) is 11.4 Å². The second kappa shape index (κ2) is 4.70. The lowest BCUT2D eigenvalue weighted by molar-refractivity contribution is 0.00596. The topological polar surface area (TPSA) is 48.4 Å². The van der Waals surface area contributed by atoms with Crippen LogP contribution in [0.2, 0.25) is 5.02 Å². The molecule has 0 aromatic carbocycles. The zero-order valence-corrected chi connectivity index (χ0v) is 10.5. The number of esters is 1. The van der Waals surface area contributed by atoms with Crippen LogP contribution in [0.4, 0.5) is 0 Å². The Morgan fingerprint density at radius 1 is 1.44 bits per heavy atom. The molecule has 0 aliphatic heterocycles.